The minimum Gasteiger partial charge on any atom is -0.341 e. The molecular weight excluding hydrogens is 360 g/mol. The second-order valence-corrected chi connectivity index (χ2v) is 10.4. The lowest BCUT2D eigenvalue weighted by Gasteiger charge is -2.24. The molecule has 1 aromatic rings. The number of carbonyl (C=O) groups excluding carboxylic acids is 1. The third kappa shape index (κ3) is 4.37. The number of benzene rings is 1. The first kappa shape index (κ1) is 18.9. The largest absolute Gasteiger partial charge is 0.341 e. The maximum absolute atomic E-state index is 12.9. The van der Waals surface area contributed by atoms with E-state index >= 15 is 0 Å². The van der Waals surface area contributed by atoms with Gasteiger partial charge in [0.1, 0.15) is 0 Å². The summed E-state index contributed by atoms with van der Waals surface area (Å²) in [6.07, 6.45) is 9.33. The number of carbonyl (C=O) groups is 1. The van der Waals surface area contributed by atoms with Crippen LogP contribution in [0.5, 0.6) is 0 Å². The molecule has 0 bridgehead atoms. The van der Waals surface area contributed by atoms with Gasteiger partial charge in [0.2, 0.25) is 15.9 Å². The Morgan fingerprint density at radius 3 is 2.48 bits per heavy atom. The zero-order chi connectivity index (χ0) is 19.0. The Labute approximate surface area is 162 Å². The molecule has 3 aliphatic rings. The summed E-state index contributed by atoms with van der Waals surface area (Å²) in [4.78, 5) is 14.8. The van der Waals surface area contributed by atoms with Crippen molar-refractivity contribution in [1.29, 1.82) is 0 Å². The highest BCUT2D eigenvalue weighted by atomic mass is 32.2. The highest BCUT2D eigenvalue weighted by Gasteiger charge is 2.48. The van der Waals surface area contributed by atoms with Crippen LogP contribution in [0.1, 0.15) is 67.9 Å². The van der Waals surface area contributed by atoms with E-state index in [1.807, 2.05) is 4.90 Å². The van der Waals surface area contributed by atoms with Crippen LogP contribution in [0.25, 0.3) is 0 Å². The van der Waals surface area contributed by atoms with Crippen LogP contribution in [0, 0.1) is 5.92 Å². The number of nitrogens with zero attached hydrogens (tertiary/aromatic N) is 1. The molecule has 2 saturated carbocycles. The van der Waals surface area contributed by atoms with Crippen molar-refractivity contribution in [3.63, 3.8) is 0 Å². The number of hydrogen-bond donors (Lipinski definition) is 1. The fraction of sp³-hybridized carbons (Fsp3) is 0.667. The maximum Gasteiger partial charge on any atom is 0.226 e. The standard InChI is InChI=1S/C21H30N2O3S/c1-27(25,26)22-16-11-12-23(14-16)21(24)20-13-19(20)18-10-6-5-9-17(18)15-7-3-2-4-8-15/h5-6,9-10,15-16,19-20,22H,2-4,7-8,11-14H2,1H3/t16-,19-,20+/m0/s1. The predicted molar refractivity (Wildman–Crippen MR) is 106 cm³/mol. The summed E-state index contributed by atoms with van der Waals surface area (Å²) in [5, 5.41) is 0. The van der Waals surface area contributed by atoms with Crippen molar-refractivity contribution < 1.29 is 13.2 Å². The van der Waals surface area contributed by atoms with Gasteiger partial charge in [-0.3, -0.25) is 4.79 Å². The number of rotatable bonds is 5. The van der Waals surface area contributed by atoms with Gasteiger partial charge in [0.25, 0.3) is 0 Å². The maximum atomic E-state index is 12.9. The molecular formula is C21H30N2O3S. The molecule has 1 aromatic carbocycles. The van der Waals surface area contributed by atoms with Gasteiger partial charge in [-0.05, 0) is 48.6 Å². The van der Waals surface area contributed by atoms with Crippen LogP contribution in [0.2, 0.25) is 0 Å². The Kier molecular flexibility index (Phi) is 5.30. The molecule has 5 nitrogen and oxygen atoms in total. The zero-order valence-electron chi connectivity index (χ0n) is 16.1. The number of likely N-dealkylation sites (tertiary alicyclic amines) is 1. The first-order valence-electron chi connectivity index (χ1n) is 10.3. The molecule has 0 spiro atoms. The van der Waals surface area contributed by atoms with Crippen LogP contribution >= 0.6 is 0 Å². The SMILES string of the molecule is CS(=O)(=O)N[C@H]1CCN(C(=O)[C@@H]2C[C@H]2c2ccccc2C2CCCCC2)C1. The average Bonchev–Trinajstić information content (AvgIpc) is 3.32. The predicted octanol–water partition coefficient (Wildman–Crippen LogP) is 2.99. The Balaban J connectivity index is 1.41. The molecule has 4 rings (SSSR count). The van der Waals surface area contributed by atoms with E-state index in [1.165, 1.54) is 49.5 Å². The number of nitrogens with one attached hydrogen (secondary N) is 1. The molecule has 3 fully saturated rings. The van der Waals surface area contributed by atoms with Crippen LogP contribution in [0.15, 0.2) is 24.3 Å². The van der Waals surface area contributed by atoms with Crippen LogP contribution in [-0.4, -0.2) is 44.6 Å². The monoisotopic (exact) mass is 390 g/mol. The topological polar surface area (TPSA) is 66.5 Å². The average molecular weight is 391 g/mol. The Morgan fingerprint density at radius 1 is 1.07 bits per heavy atom. The van der Waals surface area contributed by atoms with Crippen LogP contribution in [-0.2, 0) is 14.8 Å². The van der Waals surface area contributed by atoms with E-state index in [0.717, 1.165) is 6.42 Å². The Bertz CT molecular complexity index is 801. The summed E-state index contributed by atoms with van der Waals surface area (Å²) in [7, 11) is -3.22. The number of hydrogen-bond acceptors (Lipinski definition) is 3. The van der Waals surface area contributed by atoms with Gasteiger partial charge in [0.05, 0.1) is 6.26 Å². The van der Waals surface area contributed by atoms with E-state index in [9.17, 15) is 13.2 Å². The van der Waals surface area contributed by atoms with Gasteiger partial charge in [-0.25, -0.2) is 13.1 Å². The summed E-state index contributed by atoms with van der Waals surface area (Å²) in [6.45, 7) is 1.15. The van der Waals surface area contributed by atoms with Crippen molar-refractivity contribution >= 4 is 15.9 Å². The second-order valence-electron chi connectivity index (χ2n) is 8.57. The highest BCUT2D eigenvalue weighted by Crippen LogP contribution is 2.51. The lowest BCUT2D eigenvalue weighted by molar-refractivity contribution is -0.131. The van der Waals surface area contributed by atoms with Gasteiger partial charge in [-0.1, -0.05) is 43.5 Å². The molecule has 2 aliphatic carbocycles. The van der Waals surface area contributed by atoms with Crippen LogP contribution in [0.3, 0.4) is 0 Å². The first-order chi connectivity index (χ1) is 12.9. The fourth-order valence-corrected chi connectivity index (χ4v) is 5.84. The first-order valence-corrected chi connectivity index (χ1v) is 12.2. The van der Waals surface area contributed by atoms with Crippen molar-refractivity contribution in [2.75, 3.05) is 19.3 Å². The minimum atomic E-state index is -3.22. The van der Waals surface area contributed by atoms with Crippen molar-refractivity contribution in [2.24, 2.45) is 5.92 Å². The normalized spacial score (nSPS) is 29.1. The molecule has 1 heterocycles. The third-order valence-electron chi connectivity index (χ3n) is 6.43. The van der Waals surface area contributed by atoms with E-state index in [1.54, 1.807) is 0 Å². The minimum absolute atomic E-state index is 0.0757. The number of sulfonamides is 1. The van der Waals surface area contributed by atoms with E-state index in [0.29, 0.717) is 31.3 Å². The summed E-state index contributed by atoms with van der Waals surface area (Å²) in [5.41, 5.74) is 2.85. The lowest BCUT2D eigenvalue weighted by Crippen LogP contribution is -2.38. The smallest absolute Gasteiger partial charge is 0.226 e. The van der Waals surface area contributed by atoms with Gasteiger partial charge in [-0.2, -0.15) is 0 Å². The molecule has 27 heavy (non-hydrogen) atoms. The van der Waals surface area contributed by atoms with Crippen molar-refractivity contribution in [3.8, 4) is 0 Å². The Hall–Kier alpha value is -1.40. The van der Waals surface area contributed by atoms with Crippen molar-refractivity contribution in [2.45, 2.75) is 62.8 Å². The van der Waals surface area contributed by atoms with E-state index in [-0.39, 0.29) is 17.9 Å². The fourth-order valence-electron chi connectivity index (χ4n) is 5.04. The third-order valence-corrected chi connectivity index (χ3v) is 7.19. The molecule has 0 radical (unpaired) electrons. The van der Waals surface area contributed by atoms with Gasteiger partial charge in [0.15, 0.2) is 0 Å². The second kappa shape index (κ2) is 7.55. The van der Waals surface area contributed by atoms with Gasteiger partial charge >= 0.3 is 0 Å². The van der Waals surface area contributed by atoms with E-state index < -0.39 is 10.0 Å². The van der Waals surface area contributed by atoms with Crippen LogP contribution in [0.4, 0.5) is 0 Å². The molecule has 148 valence electrons. The van der Waals surface area contributed by atoms with Crippen molar-refractivity contribution in [3.05, 3.63) is 35.4 Å². The molecule has 6 heteroatoms. The summed E-state index contributed by atoms with van der Waals surface area (Å²) < 4.78 is 25.5. The van der Waals surface area contributed by atoms with Gasteiger partial charge in [-0.15, -0.1) is 0 Å². The van der Waals surface area contributed by atoms with Crippen molar-refractivity contribution in [1.82, 2.24) is 9.62 Å². The molecule has 1 amide bonds. The summed E-state index contributed by atoms with van der Waals surface area (Å²) in [6, 6.07) is 8.58. The Morgan fingerprint density at radius 2 is 1.78 bits per heavy atom. The quantitative estimate of drug-likeness (QED) is 0.840. The zero-order valence-corrected chi connectivity index (χ0v) is 16.9. The molecule has 1 saturated heterocycles. The van der Waals surface area contributed by atoms with Crippen LogP contribution < -0.4 is 4.72 Å². The number of amides is 1. The van der Waals surface area contributed by atoms with Gasteiger partial charge in [0, 0.05) is 25.0 Å². The summed E-state index contributed by atoms with van der Waals surface area (Å²) >= 11 is 0. The molecule has 1 N–H and O–H groups in total. The summed E-state index contributed by atoms with van der Waals surface area (Å²) in [5.74, 6) is 1.28. The highest BCUT2D eigenvalue weighted by molar-refractivity contribution is 7.88. The molecule has 0 unspecified atom stereocenters. The van der Waals surface area contributed by atoms with Gasteiger partial charge < -0.3 is 4.90 Å². The molecule has 3 atom stereocenters. The van der Waals surface area contributed by atoms with E-state index in [2.05, 4.69) is 29.0 Å². The lowest BCUT2D eigenvalue weighted by atomic mass is 9.81. The molecule has 1 aliphatic heterocycles. The van der Waals surface area contributed by atoms with E-state index in [4.69, 9.17) is 0 Å². The molecule has 0 aromatic heterocycles.